The molecule has 5 N–H and O–H groups in total. The Bertz CT molecular complexity index is 1970. The lowest BCUT2D eigenvalue weighted by molar-refractivity contribution is 0.0696. The first-order valence-electron chi connectivity index (χ1n) is 14.2. The van der Waals surface area contributed by atoms with Crippen molar-refractivity contribution in [3.05, 3.63) is 88.4 Å². The van der Waals surface area contributed by atoms with Crippen molar-refractivity contribution in [2.45, 2.75) is 17.9 Å². The quantitative estimate of drug-likeness (QED) is 0.186. The number of carboxylic acid groups (broad SMARTS) is 1. The van der Waals surface area contributed by atoms with Gasteiger partial charge in [0.05, 0.1) is 33.0 Å². The molecule has 0 bridgehead atoms. The smallest absolute Gasteiger partial charge is 0.337 e. The molecular formula is C30H32F2N8O6S. The molecule has 0 unspecified atom stereocenters. The van der Waals surface area contributed by atoms with Crippen molar-refractivity contribution in [2.75, 3.05) is 51.0 Å². The van der Waals surface area contributed by atoms with Crippen molar-refractivity contribution in [1.29, 1.82) is 0 Å². The largest absolute Gasteiger partial charge is 0.478 e. The number of aromatic carboxylic acids is 1. The molecule has 3 heterocycles. The molecule has 2 aromatic heterocycles. The van der Waals surface area contributed by atoms with Crippen molar-refractivity contribution in [3.63, 3.8) is 0 Å². The zero-order chi connectivity index (χ0) is 34.2. The van der Waals surface area contributed by atoms with Crippen LogP contribution in [0.15, 0.2) is 53.7 Å². The third kappa shape index (κ3) is 6.86. The number of rotatable bonds is 11. The Morgan fingerprint density at radius 1 is 1.06 bits per heavy atom. The lowest BCUT2D eigenvalue weighted by atomic mass is 10.0. The minimum absolute atomic E-state index is 0.000473. The number of hydrogen-bond donors (Lipinski definition) is 4. The summed E-state index contributed by atoms with van der Waals surface area (Å²) in [4.78, 5) is 41.3. The van der Waals surface area contributed by atoms with E-state index in [0.717, 1.165) is 16.4 Å². The van der Waals surface area contributed by atoms with Crippen molar-refractivity contribution >= 4 is 39.3 Å². The monoisotopic (exact) mass is 670 g/mol. The molecule has 0 spiro atoms. The number of carbonyl (C=O) groups excluding carboxylic acids is 2. The minimum Gasteiger partial charge on any atom is -0.478 e. The molecule has 4 aromatic rings. The van der Waals surface area contributed by atoms with Gasteiger partial charge >= 0.3 is 5.97 Å². The van der Waals surface area contributed by atoms with Gasteiger partial charge in [-0.05, 0) is 44.4 Å². The van der Waals surface area contributed by atoms with E-state index >= 15 is 0 Å². The molecule has 5 rings (SSSR count). The minimum atomic E-state index is -4.32. The molecule has 17 heteroatoms. The van der Waals surface area contributed by atoms with E-state index in [9.17, 15) is 36.7 Å². The van der Waals surface area contributed by atoms with E-state index in [0.29, 0.717) is 41.8 Å². The fourth-order valence-corrected chi connectivity index (χ4v) is 6.66. The molecule has 1 aliphatic heterocycles. The second kappa shape index (κ2) is 12.9. The highest BCUT2D eigenvalue weighted by atomic mass is 32.2. The van der Waals surface area contributed by atoms with E-state index in [1.165, 1.54) is 35.2 Å². The van der Waals surface area contributed by atoms with Gasteiger partial charge < -0.3 is 30.5 Å². The highest BCUT2D eigenvalue weighted by Gasteiger charge is 2.33. The maximum Gasteiger partial charge on any atom is 0.337 e. The summed E-state index contributed by atoms with van der Waals surface area (Å²) >= 11 is 0. The average Bonchev–Trinajstić information content (AvgIpc) is 3.66. The van der Waals surface area contributed by atoms with E-state index in [4.69, 9.17) is 5.73 Å². The molecular weight excluding hydrogens is 638 g/mol. The van der Waals surface area contributed by atoms with E-state index in [-0.39, 0.29) is 42.0 Å². The molecule has 248 valence electrons. The summed E-state index contributed by atoms with van der Waals surface area (Å²) in [7, 11) is 1.25. The normalized spacial score (nSPS) is 13.4. The number of hydrogen-bond acceptors (Lipinski definition) is 8. The molecule has 0 saturated heterocycles. The standard InChI is InChI=1S/C30H32F2N8O6S/c1-37(2)8-9-38(3)25-13-21(27(33)41)22(14-26(25)39-6-4-17(15-39)30(43)44)29(42)34-28-23-16-40(7-5-24(23)35-36-28)47(45,46)20-11-18(31)10-19(32)12-20/h4,6,10-15H,5,7-9,16H2,1-3H3,(H2,33,41)(H,43,44)(H2,34,35,36,42). The number of primary amides is 1. The SMILES string of the molecule is CN(C)CCN(C)c1cc(C(N)=O)c(C(=O)Nc2n[nH]c3c2CN(S(=O)(=O)c2cc(F)cc(F)c2)CC3)cc1-n1ccc(C(=O)O)c1. The van der Waals surface area contributed by atoms with Gasteiger partial charge in [0.2, 0.25) is 15.9 Å². The van der Waals surface area contributed by atoms with Crippen molar-refractivity contribution in [2.24, 2.45) is 5.73 Å². The molecule has 0 saturated carbocycles. The lowest BCUT2D eigenvalue weighted by Crippen LogP contribution is -2.36. The molecule has 47 heavy (non-hydrogen) atoms. The van der Waals surface area contributed by atoms with Crippen molar-refractivity contribution in [1.82, 2.24) is 24.0 Å². The number of anilines is 2. The summed E-state index contributed by atoms with van der Waals surface area (Å²) in [6.45, 7) is 0.863. The predicted molar refractivity (Wildman–Crippen MR) is 167 cm³/mol. The summed E-state index contributed by atoms with van der Waals surface area (Å²) in [6, 6.07) is 6.27. The third-order valence-corrected chi connectivity index (χ3v) is 9.56. The number of nitrogens with two attached hydrogens (primary N) is 1. The van der Waals surface area contributed by atoms with Gasteiger partial charge in [-0.15, -0.1) is 0 Å². The number of sulfonamides is 1. The second-order valence-electron chi connectivity index (χ2n) is 11.3. The average molecular weight is 671 g/mol. The molecule has 0 atom stereocenters. The number of benzene rings is 2. The highest BCUT2D eigenvalue weighted by Crippen LogP contribution is 2.32. The topological polar surface area (TPSA) is 187 Å². The number of halogens is 2. The Kier molecular flexibility index (Phi) is 9.15. The van der Waals surface area contributed by atoms with Gasteiger partial charge in [-0.3, -0.25) is 14.7 Å². The molecule has 14 nitrogen and oxygen atoms in total. The van der Waals surface area contributed by atoms with Crippen LogP contribution in [0.2, 0.25) is 0 Å². The molecule has 2 aromatic carbocycles. The van der Waals surface area contributed by atoms with Crippen LogP contribution in [-0.4, -0.2) is 96.1 Å². The molecule has 0 fully saturated rings. The fraction of sp³-hybridized carbons (Fsp3) is 0.267. The van der Waals surface area contributed by atoms with Crippen molar-refractivity contribution < 1.29 is 36.7 Å². The van der Waals surface area contributed by atoms with Gasteiger partial charge in [-0.25, -0.2) is 22.0 Å². The number of likely N-dealkylation sites (N-methyl/N-ethyl adjacent to an activating group) is 2. The number of aromatic nitrogens is 3. The summed E-state index contributed by atoms with van der Waals surface area (Å²) < 4.78 is 56.7. The maximum atomic E-state index is 13.8. The first-order valence-corrected chi connectivity index (χ1v) is 15.7. The number of aromatic amines is 1. The lowest BCUT2D eigenvalue weighted by Gasteiger charge is -2.27. The molecule has 0 radical (unpaired) electrons. The first kappa shape index (κ1) is 33.2. The van der Waals surface area contributed by atoms with E-state index in [1.807, 2.05) is 23.9 Å². The van der Waals surface area contributed by atoms with Crippen LogP contribution >= 0.6 is 0 Å². The second-order valence-corrected chi connectivity index (χ2v) is 13.2. The number of H-pyrrole nitrogens is 1. The van der Waals surface area contributed by atoms with Gasteiger partial charge in [0.15, 0.2) is 5.82 Å². The van der Waals surface area contributed by atoms with Crippen LogP contribution in [-0.2, 0) is 23.0 Å². The van der Waals surface area contributed by atoms with Crippen LogP contribution in [0, 0.1) is 11.6 Å². The van der Waals surface area contributed by atoms with Crippen LogP contribution in [0.4, 0.5) is 20.3 Å². The Hall–Kier alpha value is -5.13. The summed E-state index contributed by atoms with van der Waals surface area (Å²) in [5.74, 6) is -4.96. The van der Waals surface area contributed by atoms with Crippen LogP contribution in [0.3, 0.4) is 0 Å². The summed E-state index contributed by atoms with van der Waals surface area (Å²) in [5, 5.41) is 19.0. The van der Waals surface area contributed by atoms with Gasteiger partial charge in [-0.1, -0.05) is 0 Å². The van der Waals surface area contributed by atoms with E-state index in [1.54, 1.807) is 7.05 Å². The van der Waals surface area contributed by atoms with Crippen LogP contribution in [0.5, 0.6) is 0 Å². The number of carboxylic acids is 1. The number of nitrogens with zero attached hydrogens (tertiary/aromatic N) is 5. The Balaban J connectivity index is 1.50. The van der Waals surface area contributed by atoms with Gasteiger partial charge in [0, 0.05) is 69.4 Å². The zero-order valence-electron chi connectivity index (χ0n) is 25.6. The Labute approximate surface area is 268 Å². The number of fused-ring (bicyclic) bond motifs is 1. The predicted octanol–water partition coefficient (Wildman–Crippen LogP) is 2.27. The van der Waals surface area contributed by atoms with Crippen molar-refractivity contribution in [3.8, 4) is 5.69 Å². The highest BCUT2D eigenvalue weighted by molar-refractivity contribution is 7.89. The molecule has 0 aliphatic carbocycles. The molecule has 2 amide bonds. The van der Waals surface area contributed by atoms with Crippen LogP contribution in [0.1, 0.15) is 42.3 Å². The third-order valence-electron chi connectivity index (χ3n) is 7.74. The van der Waals surface area contributed by atoms with E-state index < -0.39 is 44.3 Å². The van der Waals surface area contributed by atoms with Gasteiger partial charge in [-0.2, -0.15) is 9.40 Å². The number of nitrogens with one attached hydrogen (secondary N) is 2. The zero-order valence-corrected chi connectivity index (χ0v) is 26.4. The van der Waals surface area contributed by atoms with Gasteiger partial charge in [0.25, 0.3) is 5.91 Å². The van der Waals surface area contributed by atoms with Crippen LogP contribution in [0.25, 0.3) is 5.69 Å². The first-order chi connectivity index (χ1) is 22.1. The summed E-state index contributed by atoms with van der Waals surface area (Å²) in [5.41, 5.74) is 7.21. The fourth-order valence-electron chi connectivity index (χ4n) is 5.20. The maximum absolute atomic E-state index is 13.8. The summed E-state index contributed by atoms with van der Waals surface area (Å²) in [6.07, 6.45) is 3.05. The Morgan fingerprint density at radius 3 is 2.38 bits per heavy atom. The number of amides is 2. The van der Waals surface area contributed by atoms with Crippen LogP contribution < -0.4 is 16.0 Å². The van der Waals surface area contributed by atoms with E-state index in [2.05, 4.69) is 15.5 Å². The van der Waals surface area contributed by atoms with Gasteiger partial charge in [0.1, 0.15) is 11.6 Å². The molecule has 1 aliphatic rings. The Morgan fingerprint density at radius 2 is 1.77 bits per heavy atom. The number of carbonyl (C=O) groups is 3.